The van der Waals surface area contributed by atoms with E-state index < -0.39 is 11.0 Å². The zero-order chi connectivity index (χ0) is 15.7. The van der Waals surface area contributed by atoms with Gasteiger partial charge in [-0.3, -0.25) is 10.1 Å². The van der Waals surface area contributed by atoms with Crippen molar-refractivity contribution in [1.29, 1.82) is 0 Å². The zero-order valence-electron chi connectivity index (χ0n) is 11.7. The number of nitrogens with one attached hydrogen (secondary N) is 1. The third-order valence-corrected chi connectivity index (χ3v) is 2.62. The summed E-state index contributed by atoms with van der Waals surface area (Å²) in [4.78, 5) is 21.1. The number of ether oxygens (including phenoxy) is 1. The van der Waals surface area contributed by atoms with Crippen LogP contribution in [0.2, 0.25) is 0 Å². The number of carbonyl (C=O) groups excluding carboxylic acids is 1. The molecule has 0 saturated carbocycles. The van der Waals surface area contributed by atoms with Gasteiger partial charge in [0, 0.05) is 18.7 Å². The average molecular weight is 294 g/mol. The van der Waals surface area contributed by atoms with E-state index in [0.717, 1.165) is 12.8 Å². The van der Waals surface area contributed by atoms with Gasteiger partial charge in [0.05, 0.1) is 17.1 Å². The van der Waals surface area contributed by atoms with E-state index in [9.17, 15) is 14.9 Å². The molecule has 1 rings (SSSR count). The van der Waals surface area contributed by atoms with Crippen molar-refractivity contribution < 1.29 is 14.5 Å². The Hall–Kier alpha value is -2.64. The number of nitrogens with two attached hydrogens (primary N) is 1. The molecule has 8 nitrogen and oxygen atoms in total. The van der Waals surface area contributed by atoms with Crippen molar-refractivity contribution in [1.82, 2.24) is 5.43 Å². The van der Waals surface area contributed by atoms with E-state index in [-0.39, 0.29) is 12.1 Å². The molecule has 0 aliphatic carbocycles. The smallest absolute Gasteiger partial charge is 0.332 e. The van der Waals surface area contributed by atoms with Gasteiger partial charge in [0.1, 0.15) is 5.75 Å². The molecule has 0 fully saturated rings. The Kier molecular flexibility index (Phi) is 6.66. The monoisotopic (exact) mass is 294 g/mol. The van der Waals surface area contributed by atoms with Crippen LogP contribution < -0.4 is 15.9 Å². The molecule has 0 bridgehead atoms. The first-order chi connectivity index (χ1) is 10.1. The number of urea groups is 1. The van der Waals surface area contributed by atoms with Crippen LogP contribution in [0, 0.1) is 10.1 Å². The summed E-state index contributed by atoms with van der Waals surface area (Å²) in [5.74, 6) is 0.447. The number of nitrogens with zero attached hydrogens (tertiary/aromatic N) is 2. The lowest BCUT2D eigenvalue weighted by atomic mass is 10.1. The molecule has 0 saturated heterocycles. The highest BCUT2D eigenvalue weighted by Crippen LogP contribution is 2.28. The summed E-state index contributed by atoms with van der Waals surface area (Å²) < 4.78 is 5.57. The molecule has 8 heteroatoms. The number of unbranched alkanes of at least 4 members (excludes halogenated alkanes) is 1. The molecule has 0 spiro atoms. The lowest BCUT2D eigenvalue weighted by Crippen LogP contribution is -2.24. The number of rotatable bonds is 8. The summed E-state index contributed by atoms with van der Waals surface area (Å²) in [6.07, 6.45) is 3.31. The first kappa shape index (κ1) is 16.4. The molecular formula is C13H18N4O4. The van der Waals surface area contributed by atoms with Crippen molar-refractivity contribution in [3.8, 4) is 5.75 Å². The Labute approximate surface area is 122 Å². The van der Waals surface area contributed by atoms with Crippen LogP contribution in [0.3, 0.4) is 0 Å². The molecule has 114 valence electrons. The molecule has 1 aromatic carbocycles. The Bertz CT molecular complexity index is 531. The number of hydrogen-bond donors (Lipinski definition) is 2. The fraction of sp³-hybridized carbons (Fsp3) is 0.385. The summed E-state index contributed by atoms with van der Waals surface area (Å²) in [7, 11) is 0. The van der Waals surface area contributed by atoms with Crippen LogP contribution in [0.1, 0.15) is 25.3 Å². The fourth-order valence-corrected chi connectivity index (χ4v) is 1.64. The first-order valence-corrected chi connectivity index (χ1v) is 6.52. The van der Waals surface area contributed by atoms with Gasteiger partial charge in [0.2, 0.25) is 0 Å². The molecule has 0 aromatic heterocycles. The SMILES string of the molecule is CCCCOc1cccc([N+](=O)[O-])c1CC=NNC(N)=O. The number of hydrazone groups is 1. The number of primary amides is 1. The lowest BCUT2D eigenvalue weighted by Gasteiger charge is -2.10. The number of amides is 2. The van der Waals surface area contributed by atoms with E-state index in [1.165, 1.54) is 12.3 Å². The van der Waals surface area contributed by atoms with Gasteiger partial charge in [0.15, 0.2) is 0 Å². The van der Waals surface area contributed by atoms with Gasteiger partial charge < -0.3 is 10.5 Å². The van der Waals surface area contributed by atoms with Gasteiger partial charge in [-0.05, 0) is 12.5 Å². The molecule has 0 aliphatic rings. The van der Waals surface area contributed by atoms with Crippen molar-refractivity contribution in [2.45, 2.75) is 26.2 Å². The molecule has 3 N–H and O–H groups in total. The fourth-order valence-electron chi connectivity index (χ4n) is 1.64. The number of nitro groups is 1. The van der Waals surface area contributed by atoms with Crippen LogP contribution >= 0.6 is 0 Å². The molecule has 2 amide bonds. The summed E-state index contributed by atoms with van der Waals surface area (Å²) in [6, 6.07) is 3.85. The van der Waals surface area contributed by atoms with Crippen molar-refractivity contribution in [2.24, 2.45) is 10.8 Å². The van der Waals surface area contributed by atoms with Crippen molar-refractivity contribution in [3.63, 3.8) is 0 Å². The Morgan fingerprint density at radius 3 is 2.95 bits per heavy atom. The van der Waals surface area contributed by atoms with Crippen LogP contribution in [-0.2, 0) is 6.42 Å². The van der Waals surface area contributed by atoms with E-state index in [0.29, 0.717) is 17.9 Å². The lowest BCUT2D eigenvalue weighted by molar-refractivity contribution is -0.385. The molecule has 0 unspecified atom stereocenters. The third-order valence-electron chi connectivity index (χ3n) is 2.62. The maximum Gasteiger partial charge on any atom is 0.332 e. The highest BCUT2D eigenvalue weighted by atomic mass is 16.6. The number of benzene rings is 1. The first-order valence-electron chi connectivity index (χ1n) is 6.52. The average Bonchev–Trinajstić information content (AvgIpc) is 2.44. The highest BCUT2D eigenvalue weighted by Gasteiger charge is 2.17. The second-order valence-electron chi connectivity index (χ2n) is 4.20. The standard InChI is InChI=1S/C13H18N4O4/c1-2-3-9-21-12-6-4-5-11(17(19)20)10(12)7-8-15-16-13(14)18/h4-6,8H,2-3,7,9H2,1H3,(H3,14,16,18). The Morgan fingerprint density at radius 2 is 2.33 bits per heavy atom. The van der Waals surface area contributed by atoms with E-state index in [1.807, 2.05) is 12.3 Å². The number of nitro benzene ring substituents is 1. The van der Waals surface area contributed by atoms with Gasteiger partial charge in [-0.25, -0.2) is 10.2 Å². The van der Waals surface area contributed by atoms with E-state index in [2.05, 4.69) is 5.10 Å². The Morgan fingerprint density at radius 1 is 1.57 bits per heavy atom. The normalized spacial score (nSPS) is 10.5. The van der Waals surface area contributed by atoms with Crippen LogP contribution in [0.5, 0.6) is 5.75 Å². The van der Waals surface area contributed by atoms with Gasteiger partial charge in [-0.2, -0.15) is 5.10 Å². The zero-order valence-corrected chi connectivity index (χ0v) is 11.7. The summed E-state index contributed by atoms with van der Waals surface area (Å²) >= 11 is 0. The molecule has 1 aromatic rings. The minimum Gasteiger partial charge on any atom is -0.493 e. The van der Waals surface area contributed by atoms with Crippen molar-refractivity contribution in [3.05, 3.63) is 33.9 Å². The third kappa shape index (κ3) is 5.47. The van der Waals surface area contributed by atoms with Crippen LogP contribution in [-0.4, -0.2) is 23.8 Å². The predicted octanol–water partition coefficient (Wildman–Crippen LogP) is 1.97. The van der Waals surface area contributed by atoms with Crippen molar-refractivity contribution >= 4 is 17.9 Å². The molecule has 0 atom stereocenters. The number of carbonyl (C=O) groups is 1. The van der Waals surface area contributed by atoms with Crippen LogP contribution in [0.25, 0.3) is 0 Å². The summed E-state index contributed by atoms with van der Waals surface area (Å²) in [5.41, 5.74) is 7.26. The second kappa shape index (κ2) is 8.51. The van der Waals surface area contributed by atoms with Crippen LogP contribution in [0.4, 0.5) is 10.5 Å². The maximum absolute atomic E-state index is 11.1. The van der Waals surface area contributed by atoms with Crippen LogP contribution in [0.15, 0.2) is 23.3 Å². The Balaban J connectivity index is 2.91. The molecule has 0 heterocycles. The van der Waals surface area contributed by atoms with E-state index in [1.54, 1.807) is 12.1 Å². The minimum atomic E-state index is -0.798. The quantitative estimate of drug-likeness (QED) is 0.329. The van der Waals surface area contributed by atoms with Gasteiger partial charge in [-0.15, -0.1) is 0 Å². The van der Waals surface area contributed by atoms with Gasteiger partial charge in [-0.1, -0.05) is 19.4 Å². The van der Waals surface area contributed by atoms with Gasteiger partial charge >= 0.3 is 6.03 Å². The van der Waals surface area contributed by atoms with Crippen molar-refractivity contribution in [2.75, 3.05) is 6.61 Å². The minimum absolute atomic E-state index is 0.0467. The summed E-state index contributed by atoms with van der Waals surface area (Å²) in [5, 5.41) is 14.6. The highest BCUT2D eigenvalue weighted by molar-refractivity contribution is 5.74. The molecule has 0 aliphatic heterocycles. The largest absolute Gasteiger partial charge is 0.493 e. The predicted molar refractivity (Wildman–Crippen MR) is 78.4 cm³/mol. The van der Waals surface area contributed by atoms with E-state index >= 15 is 0 Å². The van der Waals surface area contributed by atoms with Gasteiger partial charge in [0.25, 0.3) is 5.69 Å². The molecule has 21 heavy (non-hydrogen) atoms. The summed E-state index contributed by atoms with van der Waals surface area (Å²) in [6.45, 7) is 2.52. The maximum atomic E-state index is 11.1. The number of hydrogen-bond acceptors (Lipinski definition) is 5. The second-order valence-corrected chi connectivity index (χ2v) is 4.20. The topological polar surface area (TPSA) is 120 Å². The van der Waals surface area contributed by atoms with E-state index in [4.69, 9.17) is 10.5 Å². The molecule has 0 radical (unpaired) electrons. The molecular weight excluding hydrogens is 276 g/mol.